The van der Waals surface area contributed by atoms with Crippen LogP contribution in [0, 0.1) is 6.92 Å². The van der Waals surface area contributed by atoms with E-state index < -0.39 is 17.8 Å². The van der Waals surface area contributed by atoms with E-state index in [-0.39, 0.29) is 17.3 Å². The Balaban J connectivity index is 1.41. The van der Waals surface area contributed by atoms with Crippen LogP contribution in [0.5, 0.6) is 0 Å². The van der Waals surface area contributed by atoms with Gasteiger partial charge in [-0.15, -0.1) is 0 Å². The number of aromatic nitrogens is 5. The van der Waals surface area contributed by atoms with Crippen molar-refractivity contribution in [2.75, 3.05) is 5.32 Å². The van der Waals surface area contributed by atoms with Gasteiger partial charge in [-0.1, -0.05) is 30.3 Å². The minimum Gasteiger partial charge on any atom is -0.304 e. The second-order valence-electron chi connectivity index (χ2n) is 7.91. The van der Waals surface area contributed by atoms with E-state index in [4.69, 9.17) is 0 Å². The van der Waals surface area contributed by atoms with E-state index in [1.54, 1.807) is 10.7 Å². The first-order valence-corrected chi connectivity index (χ1v) is 10.2. The van der Waals surface area contributed by atoms with Crippen LogP contribution in [0.4, 0.5) is 19.0 Å². The SMILES string of the molecule is Cc1cc(NC(=O)c2cc3nc(C4CC4)cc(C(F)(F)F)n3n2)nn1Cc1ccccc1. The Labute approximate surface area is 180 Å². The summed E-state index contributed by atoms with van der Waals surface area (Å²) in [5.74, 6) is -0.325. The molecule has 0 bridgehead atoms. The lowest BCUT2D eigenvalue weighted by Crippen LogP contribution is -2.16. The number of alkyl halides is 3. The van der Waals surface area contributed by atoms with Crippen LogP contribution in [0.2, 0.25) is 0 Å². The maximum atomic E-state index is 13.6. The highest BCUT2D eigenvalue weighted by Crippen LogP contribution is 2.41. The summed E-state index contributed by atoms with van der Waals surface area (Å²) in [7, 11) is 0. The highest BCUT2D eigenvalue weighted by atomic mass is 19.4. The van der Waals surface area contributed by atoms with E-state index >= 15 is 0 Å². The van der Waals surface area contributed by atoms with Crippen molar-refractivity contribution in [1.29, 1.82) is 0 Å². The number of carbonyl (C=O) groups excluding carboxylic acids is 1. The van der Waals surface area contributed by atoms with Crippen molar-refractivity contribution < 1.29 is 18.0 Å². The standard InChI is InChI=1S/C22H19F3N6O/c1-13-9-19(29-30(13)12-14-5-3-2-4-6-14)27-21(32)17-11-20-26-16(15-7-8-15)10-18(22(23,24)25)31(20)28-17/h2-6,9-11,15H,7-8,12H2,1H3,(H,27,29,32). The van der Waals surface area contributed by atoms with Gasteiger partial charge in [0.25, 0.3) is 5.91 Å². The molecule has 3 aromatic heterocycles. The van der Waals surface area contributed by atoms with E-state index in [0.717, 1.165) is 30.2 Å². The fourth-order valence-electron chi connectivity index (χ4n) is 3.56. The van der Waals surface area contributed by atoms with Gasteiger partial charge in [-0.2, -0.15) is 23.4 Å². The Kier molecular flexibility index (Phi) is 4.72. The maximum Gasteiger partial charge on any atom is 0.433 e. The van der Waals surface area contributed by atoms with Crippen molar-refractivity contribution in [3.8, 4) is 0 Å². The molecule has 1 amide bonds. The molecule has 10 heteroatoms. The molecule has 1 aliphatic carbocycles. The van der Waals surface area contributed by atoms with Crippen molar-refractivity contribution in [3.63, 3.8) is 0 Å². The van der Waals surface area contributed by atoms with Gasteiger partial charge < -0.3 is 5.32 Å². The molecule has 0 radical (unpaired) electrons. The summed E-state index contributed by atoms with van der Waals surface area (Å²) in [6.07, 6.45) is -2.99. The Morgan fingerprint density at radius 3 is 2.56 bits per heavy atom. The summed E-state index contributed by atoms with van der Waals surface area (Å²) in [6.45, 7) is 2.38. The fourth-order valence-corrected chi connectivity index (χ4v) is 3.56. The van der Waals surface area contributed by atoms with Crippen molar-refractivity contribution in [2.24, 2.45) is 0 Å². The number of nitrogens with one attached hydrogen (secondary N) is 1. The molecule has 164 valence electrons. The van der Waals surface area contributed by atoms with Gasteiger partial charge in [-0.05, 0) is 31.4 Å². The van der Waals surface area contributed by atoms with Gasteiger partial charge in [0.1, 0.15) is 5.69 Å². The van der Waals surface area contributed by atoms with Crippen molar-refractivity contribution in [3.05, 3.63) is 76.9 Å². The average molecular weight is 440 g/mol. The number of anilines is 1. The minimum absolute atomic E-state index is 0.00216. The molecule has 3 heterocycles. The molecule has 4 aromatic rings. The summed E-state index contributed by atoms with van der Waals surface area (Å²) in [6, 6.07) is 13.7. The molecule has 0 atom stereocenters. The van der Waals surface area contributed by atoms with Gasteiger partial charge in [0.05, 0.1) is 6.54 Å². The number of benzene rings is 1. The van der Waals surface area contributed by atoms with Gasteiger partial charge in [-0.3, -0.25) is 9.48 Å². The van der Waals surface area contributed by atoms with Gasteiger partial charge in [0.2, 0.25) is 0 Å². The summed E-state index contributed by atoms with van der Waals surface area (Å²) in [5.41, 5.74) is 1.16. The predicted molar refractivity (Wildman–Crippen MR) is 110 cm³/mol. The average Bonchev–Trinajstić information content (AvgIpc) is 3.42. The topological polar surface area (TPSA) is 77.1 Å². The third kappa shape index (κ3) is 3.95. The van der Waals surface area contributed by atoms with Crippen LogP contribution in [-0.4, -0.2) is 30.3 Å². The van der Waals surface area contributed by atoms with Gasteiger partial charge >= 0.3 is 6.18 Å². The van der Waals surface area contributed by atoms with Crippen LogP contribution in [0.3, 0.4) is 0 Å². The fraction of sp³-hybridized carbons (Fsp3) is 0.273. The maximum absolute atomic E-state index is 13.6. The van der Waals surface area contributed by atoms with Crippen molar-refractivity contribution >= 4 is 17.4 Å². The first-order chi connectivity index (χ1) is 15.3. The van der Waals surface area contributed by atoms with Crippen LogP contribution in [-0.2, 0) is 12.7 Å². The van der Waals surface area contributed by atoms with E-state index in [9.17, 15) is 18.0 Å². The van der Waals surface area contributed by atoms with Crippen LogP contribution in [0.25, 0.3) is 5.65 Å². The highest BCUT2D eigenvalue weighted by Gasteiger charge is 2.37. The molecule has 5 rings (SSSR count). The summed E-state index contributed by atoms with van der Waals surface area (Å²) < 4.78 is 43.1. The number of rotatable bonds is 5. The van der Waals surface area contributed by atoms with Crippen molar-refractivity contribution in [1.82, 2.24) is 24.4 Å². The molecule has 7 nitrogen and oxygen atoms in total. The first-order valence-electron chi connectivity index (χ1n) is 10.2. The number of amides is 1. The quantitative estimate of drug-likeness (QED) is 0.498. The molecular weight excluding hydrogens is 421 g/mol. The Morgan fingerprint density at radius 1 is 1.12 bits per heavy atom. The monoisotopic (exact) mass is 440 g/mol. The van der Waals surface area contributed by atoms with Crippen LogP contribution >= 0.6 is 0 Å². The molecule has 32 heavy (non-hydrogen) atoms. The number of halogens is 3. The number of aryl methyl sites for hydroxylation is 1. The van der Waals surface area contributed by atoms with Gasteiger partial charge in [-0.25, -0.2) is 9.50 Å². The summed E-state index contributed by atoms with van der Waals surface area (Å²) in [5, 5.41) is 10.9. The normalized spacial score (nSPS) is 14.1. The molecule has 0 saturated heterocycles. The second kappa shape index (κ2) is 7.47. The molecule has 0 unspecified atom stereocenters. The minimum atomic E-state index is -4.61. The van der Waals surface area contributed by atoms with E-state index in [1.807, 2.05) is 37.3 Å². The molecule has 0 aliphatic heterocycles. The third-order valence-corrected chi connectivity index (χ3v) is 5.36. The highest BCUT2D eigenvalue weighted by molar-refractivity contribution is 6.03. The van der Waals surface area contributed by atoms with Crippen LogP contribution < -0.4 is 5.32 Å². The molecule has 1 N–H and O–H groups in total. The zero-order valence-corrected chi connectivity index (χ0v) is 17.1. The lowest BCUT2D eigenvalue weighted by atomic mass is 10.2. The Morgan fingerprint density at radius 2 is 1.88 bits per heavy atom. The summed E-state index contributed by atoms with van der Waals surface area (Å²) in [4.78, 5) is 17.0. The van der Waals surface area contributed by atoms with E-state index in [0.29, 0.717) is 22.6 Å². The smallest absolute Gasteiger partial charge is 0.304 e. The Hall–Kier alpha value is -3.69. The van der Waals surface area contributed by atoms with Crippen LogP contribution in [0.15, 0.2) is 48.5 Å². The lowest BCUT2D eigenvalue weighted by Gasteiger charge is -2.10. The summed E-state index contributed by atoms with van der Waals surface area (Å²) >= 11 is 0. The number of hydrogen-bond acceptors (Lipinski definition) is 4. The third-order valence-electron chi connectivity index (χ3n) is 5.36. The number of hydrogen-bond donors (Lipinski definition) is 1. The number of nitrogens with zero attached hydrogens (tertiary/aromatic N) is 5. The van der Waals surface area contributed by atoms with Gasteiger partial charge in [0, 0.05) is 29.4 Å². The molecule has 0 spiro atoms. The molecule has 1 fully saturated rings. The van der Waals surface area contributed by atoms with E-state index in [1.165, 1.54) is 6.07 Å². The first kappa shape index (κ1) is 20.2. The molecule has 1 aliphatic rings. The molecule has 1 aromatic carbocycles. The molecular formula is C22H19F3N6O. The number of carbonyl (C=O) groups is 1. The zero-order chi connectivity index (χ0) is 22.5. The number of fused-ring (bicyclic) bond motifs is 1. The molecule has 1 saturated carbocycles. The largest absolute Gasteiger partial charge is 0.433 e. The predicted octanol–water partition coefficient (Wildman–Crippen LogP) is 4.43. The van der Waals surface area contributed by atoms with E-state index in [2.05, 4.69) is 20.5 Å². The second-order valence-corrected chi connectivity index (χ2v) is 7.91. The zero-order valence-electron chi connectivity index (χ0n) is 17.1. The van der Waals surface area contributed by atoms with Crippen LogP contribution in [0.1, 0.15) is 51.9 Å². The Bertz CT molecular complexity index is 1300. The lowest BCUT2D eigenvalue weighted by molar-refractivity contribution is -0.142. The van der Waals surface area contributed by atoms with Crippen molar-refractivity contribution in [2.45, 2.75) is 38.4 Å². The van der Waals surface area contributed by atoms with Gasteiger partial charge in [0.15, 0.2) is 17.2 Å².